The maximum atomic E-state index is 5.72. The van der Waals surface area contributed by atoms with Gasteiger partial charge in [-0.05, 0) is 29.7 Å². The summed E-state index contributed by atoms with van der Waals surface area (Å²) in [6, 6.07) is 18.8. The second-order valence-corrected chi connectivity index (χ2v) is 4.59. The van der Waals surface area contributed by atoms with Crippen molar-refractivity contribution in [3.05, 3.63) is 72.3 Å². The van der Waals surface area contributed by atoms with E-state index in [9.17, 15) is 0 Å². The molecule has 2 aromatic rings. The quantitative estimate of drug-likeness (QED) is 0.425. The monoisotopic (exact) mass is 269 g/mol. The van der Waals surface area contributed by atoms with Crippen LogP contribution in [0.5, 0.6) is 0 Å². The molecular weight excluding hydrogens is 254 g/mol. The summed E-state index contributed by atoms with van der Waals surface area (Å²) >= 11 is 5.72. The Kier molecular flexibility index (Phi) is 4.53. The third-order valence-electron chi connectivity index (χ3n) is 2.87. The van der Waals surface area contributed by atoms with Crippen molar-refractivity contribution in [1.29, 1.82) is 0 Å². The van der Waals surface area contributed by atoms with Crippen molar-refractivity contribution in [1.82, 2.24) is 0 Å². The Balaban J connectivity index is 2.45. The van der Waals surface area contributed by atoms with E-state index in [1.807, 2.05) is 37.3 Å². The molecule has 0 saturated heterocycles. The van der Waals surface area contributed by atoms with Crippen molar-refractivity contribution in [2.75, 3.05) is 6.00 Å². The Morgan fingerprint density at radius 1 is 1.05 bits per heavy atom. The molecule has 0 aromatic heterocycles. The Morgan fingerprint density at radius 2 is 1.74 bits per heavy atom. The number of benzene rings is 2. The highest BCUT2D eigenvalue weighted by Crippen LogP contribution is 2.21. The lowest BCUT2D eigenvalue weighted by Gasteiger charge is -2.08. The molecule has 0 saturated carbocycles. The number of aliphatic imine (C=N–C) groups is 1. The Bertz CT molecular complexity index is 600. The summed E-state index contributed by atoms with van der Waals surface area (Å²) in [5.41, 5.74) is 5.20. The smallest absolute Gasteiger partial charge is 0.114 e. The molecule has 19 heavy (non-hydrogen) atoms. The van der Waals surface area contributed by atoms with Crippen molar-refractivity contribution in [3.63, 3.8) is 0 Å². The zero-order valence-electron chi connectivity index (χ0n) is 10.9. The van der Waals surface area contributed by atoms with Crippen LogP contribution in [0, 0.1) is 0 Å². The Morgan fingerprint density at radius 3 is 2.37 bits per heavy atom. The number of hydrogen-bond acceptors (Lipinski definition) is 1. The van der Waals surface area contributed by atoms with Gasteiger partial charge in [-0.3, -0.25) is 4.99 Å². The molecule has 0 heterocycles. The van der Waals surface area contributed by atoms with Crippen LogP contribution in [0.3, 0.4) is 0 Å². The summed E-state index contributed by atoms with van der Waals surface area (Å²) in [5, 5.41) is 0. The maximum Gasteiger partial charge on any atom is 0.114 e. The molecule has 0 N–H and O–H groups in total. The number of rotatable bonds is 4. The minimum absolute atomic E-state index is 0.248. The van der Waals surface area contributed by atoms with E-state index in [0.29, 0.717) is 0 Å². The molecule has 0 amide bonds. The lowest BCUT2D eigenvalue weighted by Crippen LogP contribution is -2.02. The predicted molar refractivity (Wildman–Crippen MR) is 83.9 cm³/mol. The molecule has 0 spiro atoms. The number of alkyl halides is 1. The molecule has 0 aliphatic carbocycles. The number of hydrogen-bond donors (Lipinski definition) is 0. The average molecular weight is 270 g/mol. The molecule has 0 bridgehead atoms. The maximum absolute atomic E-state index is 5.72. The van der Waals surface area contributed by atoms with Crippen LogP contribution >= 0.6 is 11.6 Å². The molecule has 2 heteroatoms. The highest BCUT2D eigenvalue weighted by atomic mass is 35.5. The molecule has 0 unspecified atom stereocenters. The molecule has 96 valence electrons. The van der Waals surface area contributed by atoms with E-state index in [1.165, 1.54) is 11.1 Å². The molecule has 2 aromatic carbocycles. The van der Waals surface area contributed by atoms with Gasteiger partial charge in [-0.15, -0.1) is 11.6 Å². The van der Waals surface area contributed by atoms with Crippen LogP contribution in [0.15, 0.2) is 71.7 Å². The summed E-state index contributed by atoms with van der Waals surface area (Å²) in [5.74, 6) is 0. The molecule has 0 aliphatic heterocycles. The highest BCUT2D eigenvalue weighted by molar-refractivity contribution is 6.20. The molecule has 1 nitrogen and oxygen atoms in total. The van der Waals surface area contributed by atoms with Crippen molar-refractivity contribution >= 4 is 17.3 Å². The van der Waals surface area contributed by atoms with Crippen LogP contribution in [0.1, 0.15) is 12.5 Å². The molecule has 0 atom stereocenters. The average Bonchev–Trinajstić information content (AvgIpc) is 2.45. The minimum Gasteiger partial charge on any atom is -0.268 e. The van der Waals surface area contributed by atoms with Crippen LogP contribution in [-0.4, -0.2) is 11.7 Å². The van der Waals surface area contributed by atoms with E-state index in [0.717, 1.165) is 16.8 Å². The van der Waals surface area contributed by atoms with Crippen LogP contribution in [0.25, 0.3) is 11.1 Å². The van der Waals surface area contributed by atoms with Gasteiger partial charge in [-0.25, -0.2) is 0 Å². The SMILES string of the molecule is C=C(C)/C(=N\CCl)c1cccc(-c2ccccc2)c1. The molecular formula is C17H16ClN. The highest BCUT2D eigenvalue weighted by Gasteiger charge is 2.06. The van der Waals surface area contributed by atoms with E-state index in [2.05, 4.69) is 35.8 Å². The van der Waals surface area contributed by atoms with Crippen LogP contribution < -0.4 is 0 Å². The fourth-order valence-electron chi connectivity index (χ4n) is 2.01. The van der Waals surface area contributed by atoms with Crippen molar-refractivity contribution in [3.8, 4) is 11.1 Å². The number of halogens is 1. The first-order chi connectivity index (χ1) is 9.22. The number of nitrogens with zero attached hydrogens (tertiary/aromatic N) is 1. The zero-order chi connectivity index (χ0) is 13.7. The van der Waals surface area contributed by atoms with Gasteiger partial charge < -0.3 is 0 Å². The summed E-state index contributed by atoms with van der Waals surface area (Å²) < 4.78 is 0. The summed E-state index contributed by atoms with van der Waals surface area (Å²) in [7, 11) is 0. The van der Waals surface area contributed by atoms with Gasteiger partial charge in [-0.1, -0.05) is 55.1 Å². The second-order valence-electron chi connectivity index (χ2n) is 4.35. The van der Waals surface area contributed by atoms with E-state index < -0.39 is 0 Å². The van der Waals surface area contributed by atoms with Crippen LogP contribution in [0.2, 0.25) is 0 Å². The van der Waals surface area contributed by atoms with E-state index >= 15 is 0 Å². The van der Waals surface area contributed by atoms with Gasteiger partial charge in [0.15, 0.2) is 0 Å². The lowest BCUT2D eigenvalue weighted by atomic mass is 9.99. The second kappa shape index (κ2) is 6.35. The largest absolute Gasteiger partial charge is 0.268 e. The van der Waals surface area contributed by atoms with Crippen LogP contribution in [-0.2, 0) is 0 Å². The van der Waals surface area contributed by atoms with Gasteiger partial charge in [0.05, 0.1) is 5.71 Å². The lowest BCUT2D eigenvalue weighted by molar-refractivity contribution is 1.34. The van der Waals surface area contributed by atoms with Gasteiger partial charge in [0.25, 0.3) is 0 Å². The van der Waals surface area contributed by atoms with Crippen molar-refractivity contribution in [2.24, 2.45) is 4.99 Å². The third-order valence-corrected chi connectivity index (χ3v) is 2.98. The number of allylic oxidation sites excluding steroid dienone is 1. The van der Waals surface area contributed by atoms with E-state index in [4.69, 9.17) is 11.6 Å². The van der Waals surface area contributed by atoms with Crippen molar-refractivity contribution in [2.45, 2.75) is 6.92 Å². The van der Waals surface area contributed by atoms with Gasteiger partial charge in [-0.2, -0.15) is 0 Å². The summed E-state index contributed by atoms with van der Waals surface area (Å²) in [6.45, 7) is 5.91. The molecule has 0 fully saturated rings. The summed E-state index contributed by atoms with van der Waals surface area (Å²) in [6.07, 6.45) is 0. The van der Waals surface area contributed by atoms with Gasteiger partial charge in [0.2, 0.25) is 0 Å². The van der Waals surface area contributed by atoms with Gasteiger partial charge >= 0.3 is 0 Å². The molecule has 0 aliphatic rings. The first-order valence-electron chi connectivity index (χ1n) is 6.14. The topological polar surface area (TPSA) is 12.4 Å². The van der Waals surface area contributed by atoms with Crippen molar-refractivity contribution < 1.29 is 0 Å². The first kappa shape index (κ1) is 13.6. The Labute approximate surface area is 119 Å². The van der Waals surface area contributed by atoms with E-state index in [1.54, 1.807) is 0 Å². The predicted octanol–water partition coefficient (Wildman–Crippen LogP) is 4.92. The third kappa shape index (κ3) is 3.33. The summed E-state index contributed by atoms with van der Waals surface area (Å²) in [4.78, 5) is 4.31. The van der Waals surface area contributed by atoms with Gasteiger partial charge in [0.1, 0.15) is 6.00 Å². The fraction of sp³-hybridized carbons (Fsp3) is 0.118. The Hall–Kier alpha value is -1.86. The molecule has 0 radical (unpaired) electrons. The normalized spacial score (nSPS) is 11.4. The minimum atomic E-state index is 0.248. The first-order valence-corrected chi connectivity index (χ1v) is 6.68. The van der Waals surface area contributed by atoms with E-state index in [-0.39, 0.29) is 6.00 Å². The van der Waals surface area contributed by atoms with Gasteiger partial charge in [0, 0.05) is 5.56 Å². The van der Waals surface area contributed by atoms with Crippen LogP contribution in [0.4, 0.5) is 0 Å². The standard InChI is InChI=1S/C17H16ClN/c1-13(2)17(19-12-18)16-10-6-9-15(11-16)14-7-4-3-5-8-14/h3-11H,1,12H2,2H3/b19-17+. The fourth-order valence-corrected chi connectivity index (χ4v) is 2.13. The molecule has 2 rings (SSSR count). The zero-order valence-corrected chi connectivity index (χ0v) is 11.7.